The van der Waals surface area contributed by atoms with Gasteiger partial charge in [0.15, 0.2) is 11.8 Å². The van der Waals surface area contributed by atoms with Crippen LogP contribution in [0.1, 0.15) is 0 Å². The van der Waals surface area contributed by atoms with E-state index in [4.69, 9.17) is 11.8 Å². The third-order valence-corrected chi connectivity index (χ3v) is 1.72. The lowest BCUT2D eigenvalue weighted by molar-refractivity contribution is -0.696. The minimum atomic E-state index is 0.406. The van der Waals surface area contributed by atoms with Crippen LogP contribution in [-0.2, 0) is 0 Å². The van der Waals surface area contributed by atoms with Crippen molar-refractivity contribution in [3.05, 3.63) is 12.7 Å². The van der Waals surface area contributed by atoms with E-state index in [1.807, 2.05) is 6.08 Å². The molecule has 50 valence electrons. The summed E-state index contributed by atoms with van der Waals surface area (Å²) in [6, 6.07) is 0. The Morgan fingerprint density at radius 2 is 2.67 bits per heavy atom. The second-order valence-electron chi connectivity index (χ2n) is 2.14. The van der Waals surface area contributed by atoms with Crippen LogP contribution in [-0.4, -0.2) is 30.0 Å². The molecular formula is C6H10ClN2+. The van der Waals surface area contributed by atoms with Gasteiger partial charge in [0.05, 0.1) is 6.54 Å². The molecule has 1 unspecified atom stereocenters. The number of rotatable bonds is 2. The van der Waals surface area contributed by atoms with E-state index in [1.54, 1.807) is 6.34 Å². The van der Waals surface area contributed by atoms with Crippen LogP contribution in [0.25, 0.3) is 0 Å². The third kappa shape index (κ3) is 1.53. The molecule has 1 aliphatic heterocycles. The Hall–Kier alpha value is -0.340. The lowest BCUT2D eigenvalue weighted by Crippen LogP contribution is -2.34. The lowest BCUT2D eigenvalue weighted by atomic mass is 10.5. The number of hydrogen-bond donors (Lipinski definition) is 0. The number of nitrogens with zero attached hydrogens (tertiary/aromatic N) is 2. The Morgan fingerprint density at radius 1 is 1.89 bits per heavy atom. The first kappa shape index (κ1) is 6.78. The van der Waals surface area contributed by atoms with E-state index in [-0.39, 0.29) is 0 Å². The molecule has 3 heteroatoms. The molecular weight excluding hydrogens is 136 g/mol. The fraction of sp³-hybridized carbons (Fsp3) is 0.500. The van der Waals surface area contributed by atoms with Gasteiger partial charge < -0.3 is 0 Å². The van der Waals surface area contributed by atoms with E-state index in [0.29, 0.717) is 4.00 Å². The van der Waals surface area contributed by atoms with Gasteiger partial charge >= 0.3 is 0 Å². The first-order chi connectivity index (χ1) is 4.27. The van der Waals surface area contributed by atoms with Crippen molar-refractivity contribution in [3.8, 4) is 0 Å². The monoisotopic (exact) mass is 145 g/mol. The van der Waals surface area contributed by atoms with Crippen LogP contribution < -0.4 is 0 Å². The zero-order valence-electron chi connectivity index (χ0n) is 5.26. The van der Waals surface area contributed by atoms with E-state index in [1.165, 1.54) is 0 Å². The van der Waals surface area contributed by atoms with Crippen molar-refractivity contribution in [1.82, 2.24) is 0 Å². The predicted molar refractivity (Wildman–Crippen MR) is 39.4 cm³/mol. The molecule has 0 bridgehead atoms. The van der Waals surface area contributed by atoms with Crippen molar-refractivity contribution < 1.29 is 4.00 Å². The molecule has 0 fully saturated rings. The molecule has 0 amide bonds. The summed E-state index contributed by atoms with van der Waals surface area (Å²) in [6.45, 7) is 6.12. The van der Waals surface area contributed by atoms with Crippen LogP contribution in [0.2, 0.25) is 0 Å². The van der Waals surface area contributed by atoms with Crippen molar-refractivity contribution in [2.75, 3.05) is 19.6 Å². The van der Waals surface area contributed by atoms with Crippen molar-refractivity contribution in [2.24, 2.45) is 4.99 Å². The highest BCUT2D eigenvalue weighted by Crippen LogP contribution is 2.12. The van der Waals surface area contributed by atoms with E-state index in [0.717, 1.165) is 19.6 Å². The molecule has 0 aromatic heterocycles. The van der Waals surface area contributed by atoms with Gasteiger partial charge in [-0.1, -0.05) is 6.58 Å². The van der Waals surface area contributed by atoms with Gasteiger partial charge in [-0.15, -0.1) is 0 Å². The van der Waals surface area contributed by atoms with Crippen LogP contribution in [0, 0.1) is 0 Å². The molecule has 0 spiro atoms. The van der Waals surface area contributed by atoms with Crippen molar-refractivity contribution in [1.29, 1.82) is 0 Å². The maximum absolute atomic E-state index is 5.99. The van der Waals surface area contributed by atoms with E-state index < -0.39 is 0 Å². The molecule has 1 rings (SSSR count). The third-order valence-electron chi connectivity index (χ3n) is 1.32. The molecule has 9 heavy (non-hydrogen) atoms. The highest BCUT2D eigenvalue weighted by molar-refractivity contribution is 6.10. The molecule has 0 saturated carbocycles. The standard InChI is InChI=1S/C6H10ClN2/c1-2-4-9(7)5-3-8-6-9/h2,6H,1,3-5H2/q+1. The van der Waals surface area contributed by atoms with Gasteiger partial charge in [-0.05, 0) is 6.08 Å². The minimum absolute atomic E-state index is 0.406. The molecule has 2 nitrogen and oxygen atoms in total. The number of aliphatic imine (C=N–C) groups is 1. The molecule has 0 aromatic carbocycles. The summed E-state index contributed by atoms with van der Waals surface area (Å²) >= 11 is 5.99. The molecule has 0 aromatic rings. The summed E-state index contributed by atoms with van der Waals surface area (Å²) in [4.78, 5) is 4.02. The number of hydrogen-bond acceptors (Lipinski definition) is 1. The lowest BCUT2D eigenvalue weighted by Gasteiger charge is -2.15. The van der Waals surface area contributed by atoms with Crippen molar-refractivity contribution in [3.63, 3.8) is 0 Å². The fourth-order valence-electron chi connectivity index (χ4n) is 0.839. The van der Waals surface area contributed by atoms with Gasteiger partial charge in [0.25, 0.3) is 0 Å². The number of quaternary nitrogens is 1. The molecule has 0 N–H and O–H groups in total. The highest BCUT2D eigenvalue weighted by Gasteiger charge is 2.25. The fourth-order valence-corrected chi connectivity index (χ4v) is 1.07. The van der Waals surface area contributed by atoms with Crippen LogP contribution in [0.15, 0.2) is 17.6 Å². The smallest absolute Gasteiger partial charge is 0.204 e. The summed E-state index contributed by atoms with van der Waals surface area (Å²) in [5.74, 6) is 0. The zero-order valence-corrected chi connectivity index (χ0v) is 6.01. The van der Waals surface area contributed by atoms with Gasteiger partial charge in [-0.2, -0.15) is 4.00 Å². The van der Waals surface area contributed by atoms with Gasteiger partial charge in [0.1, 0.15) is 13.1 Å². The normalized spacial score (nSPS) is 33.0. The first-order valence-corrected chi connectivity index (χ1v) is 3.29. The van der Waals surface area contributed by atoms with Crippen molar-refractivity contribution in [2.45, 2.75) is 0 Å². The summed E-state index contributed by atoms with van der Waals surface area (Å²) in [5, 5.41) is 0. The second-order valence-corrected chi connectivity index (χ2v) is 2.82. The van der Waals surface area contributed by atoms with Gasteiger partial charge in [-0.25, -0.2) is 4.99 Å². The van der Waals surface area contributed by atoms with E-state index >= 15 is 0 Å². The Kier molecular flexibility index (Phi) is 1.88. The van der Waals surface area contributed by atoms with E-state index in [9.17, 15) is 0 Å². The maximum atomic E-state index is 5.99. The van der Waals surface area contributed by atoms with Gasteiger partial charge in [0.2, 0.25) is 6.34 Å². The van der Waals surface area contributed by atoms with E-state index in [2.05, 4.69) is 11.6 Å². The predicted octanol–water partition coefficient (Wildman–Crippen LogP) is 1.18. The Balaban J connectivity index is 2.51. The summed E-state index contributed by atoms with van der Waals surface area (Å²) < 4.78 is 0.406. The average Bonchev–Trinajstić information content (AvgIpc) is 2.16. The Bertz CT molecular complexity index is 144. The highest BCUT2D eigenvalue weighted by atomic mass is 35.5. The minimum Gasteiger partial charge on any atom is -0.234 e. The molecule has 1 heterocycles. The molecule has 0 aliphatic carbocycles. The maximum Gasteiger partial charge on any atom is 0.204 e. The summed E-state index contributed by atoms with van der Waals surface area (Å²) in [5.41, 5.74) is 0. The quantitative estimate of drug-likeness (QED) is 0.409. The van der Waals surface area contributed by atoms with Crippen LogP contribution in [0.4, 0.5) is 0 Å². The summed E-state index contributed by atoms with van der Waals surface area (Å²) in [6.07, 6.45) is 3.58. The van der Waals surface area contributed by atoms with Crippen LogP contribution in [0.3, 0.4) is 0 Å². The molecule has 1 atom stereocenters. The van der Waals surface area contributed by atoms with Crippen LogP contribution in [0.5, 0.6) is 0 Å². The molecule has 1 aliphatic rings. The average molecular weight is 146 g/mol. The zero-order chi connectivity index (χ0) is 6.74. The summed E-state index contributed by atoms with van der Waals surface area (Å²) in [7, 11) is 0. The van der Waals surface area contributed by atoms with Crippen molar-refractivity contribution >= 4 is 18.1 Å². The second kappa shape index (κ2) is 2.50. The number of halogens is 1. The molecule has 0 radical (unpaired) electrons. The molecule has 0 saturated heterocycles. The van der Waals surface area contributed by atoms with Gasteiger partial charge in [-0.3, -0.25) is 0 Å². The topological polar surface area (TPSA) is 12.4 Å². The SMILES string of the molecule is C=CC[N+]1(Cl)C=NCC1. The Morgan fingerprint density at radius 3 is 3.11 bits per heavy atom. The van der Waals surface area contributed by atoms with Crippen LogP contribution >= 0.6 is 11.8 Å². The first-order valence-electron chi connectivity index (χ1n) is 2.95. The largest absolute Gasteiger partial charge is 0.234 e. The Labute approximate surface area is 60.1 Å². The van der Waals surface area contributed by atoms with Gasteiger partial charge in [0, 0.05) is 0 Å².